The monoisotopic (exact) mass is 486 g/mol. The van der Waals surface area contributed by atoms with Crippen molar-refractivity contribution in [2.45, 2.75) is 35.6 Å². The van der Waals surface area contributed by atoms with Gasteiger partial charge >= 0.3 is 6.18 Å². The zero-order valence-corrected chi connectivity index (χ0v) is 19.2. The van der Waals surface area contributed by atoms with Gasteiger partial charge in [0.05, 0.1) is 22.9 Å². The molecule has 0 radical (unpaired) electrons. The first-order valence-electron chi connectivity index (χ1n) is 10.6. The molecular weight excluding hydrogens is 465 g/mol. The van der Waals surface area contributed by atoms with E-state index in [0.29, 0.717) is 39.2 Å². The largest absolute Gasteiger partial charge is 0.416 e. The third-order valence-electron chi connectivity index (χ3n) is 5.91. The number of aromatic nitrogens is 1. The van der Waals surface area contributed by atoms with E-state index in [1.54, 1.807) is 42.1 Å². The van der Waals surface area contributed by atoms with E-state index in [1.807, 2.05) is 17.9 Å². The van der Waals surface area contributed by atoms with E-state index in [0.717, 1.165) is 12.1 Å². The molecule has 0 aliphatic carbocycles. The second-order valence-electron chi connectivity index (χ2n) is 8.35. The number of alkyl halides is 3. The highest BCUT2D eigenvalue weighted by Crippen LogP contribution is 2.38. The van der Waals surface area contributed by atoms with Crippen LogP contribution in [0.4, 0.5) is 18.9 Å². The molecule has 1 amide bonds. The van der Waals surface area contributed by atoms with Crippen LogP contribution in [0.25, 0.3) is 0 Å². The number of fused-ring (bicyclic) bond motifs is 3. The van der Waals surface area contributed by atoms with Crippen molar-refractivity contribution in [3.8, 4) is 0 Å². The van der Waals surface area contributed by atoms with E-state index in [4.69, 9.17) is 0 Å². The Morgan fingerprint density at radius 1 is 1.09 bits per heavy atom. The summed E-state index contributed by atoms with van der Waals surface area (Å²) in [5, 5.41) is 0.316. The average Bonchev–Trinajstić information content (AvgIpc) is 3.38. The number of hydrogen-bond donors (Lipinski definition) is 0. The SMILES string of the molecule is CC1CN2C(=N1)N(C)C(=O)c1c2cn(Cc2ccc(C(F)(F)F)cc2)c1S(=O)c1ccccc1. The lowest BCUT2D eigenvalue weighted by Crippen LogP contribution is -2.48. The molecule has 2 aliphatic heterocycles. The van der Waals surface area contributed by atoms with E-state index >= 15 is 0 Å². The van der Waals surface area contributed by atoms with E-state index in [1.165, 1.54) is 17.0 Å². The van der Waals surface area contributed by atoms with Gasteiger partial charge in [0.15, 0.2) is 0 Å². The number of aliphatic imine (C=N–C) groups is 1. The minimum absolute atomic E-state index is 0.0162. The van der Waals surface area contributed by atoms with Gasteiger partial charge in [0, 0.05) is 31.2 Å². The molecule has 5 rings (SSSR count). The van der Waals surface area contributed by atoms with Crippen LogP contribution in [-0.2, 0) is 23.5 Å². The van der Waals surface area contributed by atoms with Gasteiger partial charge in [-0.1, -0.05) is 30.3 Å². The molecule has 34 heavy (non-hydrogen) atoms. The Morgan fingerprint density at radius 3 is 2.41 bits per heavy atom. The molecule has 10 heteroatoms. The molecule has 0 spiro atoms. The van der Waals surface area contributed by atoms with Crippen molar-refractivity contribution in [2.24, 2.45) is 4.99 Å². The molecule has 0 saturated carbocycles. The van der Waals surface area contributed by atoms with Crippen LogP contribution < -0.4 is 4.90 Å². The third kappa shape index (κ3) is 3.71. The summed E-state index contributed by atoms with van der Waals surface area (Å²) in [5.41, 5.74) is 0.790. The van der Waals surface area contributed by atoms with Gasteiger partial charge in [0.25, 0.3) is 5.91 Å². The summed E-state index contributed by atoms with van der Waals surface area (Å²) >= 11 is 0. The fraction of sp³-hybridized carbons (Fsp3) is 0.250. The van der Waals surface area contributed by atoms with Crippen molar-refractivity contribution in [1.29, 1.82) is 0 Å². The Bertz CT molecular complexity index is 1320. The van der Waals surface area contributed by atoms with Gasteiger partial charge in [-0.3, -0.25) is 9.69 Å². The van der Waals surface area contributed by atoms with Crippen LogP contribution in [0.2, 0.25) is 0 Å². The average molecular weight is 487 g/mol. The minimum Gasteiger partial charge on any atom is -0.333 e. The van der Waals surface area contributed by atoms with E-state index in [-0.39, 0.29) is 18.5 Å². The molecule has 0 N–H and O–H groups in total. The number of anilines is 1. The van der Waals surface area contributed by atoms with Crippen molar-refractivity contribution in [2.75, 3.05) is 18.5 Å². The molecule has 2 aliphatic rings. The predicted molar refractivity (Wildman–Crippen MR) is 122 cm³/mol. The second-order valence-corrected chi connectivity index (χ2v) is 9.75. The van der Waals surface area contributed by atoms with Crippen LogP contribution in [-0.4, -0.2) is 45.2 Å². The lowest BCUT2D eigenvalue weighted by molar-refractivity contribution is -0.137. The van der Waals surface area contributed by atoms with Crippen LogP contribution in [0, 0.1) is 0 Å². The number of guanidine groups is 1. The molecule has 0 saturated heterocycles. The maximum atomic E-state index is 13.7. The summed E-state index contributed by atoms with van der Waals surface area (Å²) in [6, 6.07) is 13.6. The zero-order chi connectivity index (χ0) is 24.2. The molecule has 3 aromatic rings. The van der Waals surface area contributed by atoms with E-state index < -0.39 is 22.5 Å². The van der Waals surface area contributed by atoms with Gasteiger partial charge in [-0.25, -0.2) is 9.20 Å². The predicted octanol–water partition coefficient (Wildman–Crippen LogP) is 4.37. The molecule has 2 aromatic carbocycles. The topological polar surface area (TPSA) is 57.9 Å². The Labute approximate surface area is 196 Å². The number of hydrogen-bond acceptors (Lipinski definition) is 4. The van der Waals surface area contributed by atoms with Crippen LogP contribution in [0.3, 0.4) is 0 Å². The fourth-order valence-corrected chi connectivity index (χ4v) is 5.62. The molecule has 0 fully saturated rings. The van der Waals surface area contributed by atoms with Gasteiger partial charge in [-0.2, -0.15) is 13.2 Å². The number of carbonyl (C=O) groups is 1. The lowest BCUT2D eigenvalue weighted by Gasteiger charge is -2.31. The van der Waals surface area contributed by atoms with E-state index in [9.17, 15) is 22.2 Å². The van der Waals surface area contributed by atoms with Crippen LogP contribution in [0.1, 0.15) is 28.4 Å². The number of rotatable bonds is 4. The first kappa shape index (κ1) is 22.4. The fourth-order valence-electron chi connectivity index (χ4n) is 4.28. The molecule has 1 aromatic heterocycles. The number of halogens is 3. The highest BCUT2D eigenvalue weighted by molar-refractivity contribution is 7.85. The third-order valence-corrected chi connectivity index (χ3v) is 7.40. The smallest absolute Gasteiger partial charge is 0.333 e. The van der Waals surface area contributed by atoms with E-state index in [2.05, 4.69) is 4.99 Å². The molecule has 6 nitrogen and oxygen atoms in total. The zero-order valence-electron chi connectivity index (χ0n) is 18.4. The number of nitrogens with zero attached hydrogens (tertiary/aromatic N) is 4. The Kier molecular flexibility index (Phi) is 5.35. The first-order valence-corrected chi connectivity index (χ1v) is 11.8. The summed E-state index contributed by atoms with van der Waals surface area (Å²) < 4.78 is 54.4. The Balaban J connectivity index is 1.63. The number of benzene rings is 2. The maximum Gasteiger partial charge on any atom is 0.416 e. The van der Waals surface area contributed by atoms with Crippen molar-refractivity contribution < 1.29 is 22.2 Å². The maximum absolute atomic E-state index is 13.7. The minimum atomic E-state index is -4.43. The summed E-state index contributed by atoms with van der Waals surface area (Å²) in [6.45, 7) is 2.68. The summed E-state index contributed by atoms with van der Waals surface area (Å²) in [6.07, 6.45) is -2.67. The Hall–Kier alpha value is -3.40. The highest BCUT2D eigenvalue weighted by Gasteiger charge is 2.42. The molecule has 0 bridgehead atoms. The summed E-state index contributed by atoms with van der Waals surface area (Å²) in [7, 11) is -0.0555. The number of amides is 1. The molecule has 3 heterocycles. The number of carbonyl (C=O) groups excluding carboxylic acids is 1. The van der Waals surface area contributed by atoms with Gasteiger partial charge < -0.3 is 9.47 Å². The Morgan fingerprint density at radius 2 is 1.76 bits per heavy atom. The quantitative estimate of drug-likeness (QED) is 0.550. The van der Waals surface area contributed by atoms with Gasteiger partial charge in [0.1, 0.15) is 15.8 Å². The second kappa shape index (κ2) is 8.12. The normalized spacial score (nSPS) is 18.6. The van der Waals surface area contributed by atoms with Crippen LogP contribution in [0.5, 0.6) is 0 Å². The van der Waals surface area contributed by atoms with Crippen molar-refractivity contribution in [3.05, 3.63) is 77.5 Å². The summed E-state index contributed by atoms with van der Waals surface area (Å²) in [4.78, 5) is 21.9. The molecule has 2 unspecified atom stereocenters. The highest BCUT2D eigenvalue weighted by atomic mass is 32.2. The van der Waals surface area contributed by atoms with Crippen molar-refractivity contribution >= 4 is 28.4 Å². The summed E-state index contributed by atoms with van der Waals surface area (Å²) in [5.74, 6) is 0.221. The first-order chi connectivity index (χ1) is 16.1. The van der Waals surface area contributed by atoms with Crippen molar-refractivity contribution in [1.82, 2.24) is 9.47 Å². The van der Waals surface area contributed by atoms with Crippen LogP contribution >= 0.6 is 0 Å². The molecule has 176 valence electrons. The van der Waals surface area contributed by atoms with Crippen LogP contribution in [0.15, 0.2) is 75.7 Å². The molecule has 2 atom stereocenters. The van der Waals surface area contributed by atoms with Crippen molar-refractivity contribution in [3.63, 3.8) is 0 Å². The lowest BCUT2D eigenvalue weighted by atomic mass is 10.1. The van der Waals surface area contributed by atoms with Gasteiger partial charge in [-0.05, 0) is 36.8 Å². The van der Waals surface area contributed by atoms with Gasteiger partial charge in [0.2, 0.25) is 5.96 Å². The molecular formula is C24H21F3N4O2S. The van der Waals surface area contributed by atoms with Gasteiger partial charge in [-0.15, -0.1) is 0 Å². The standard InChI is InChI=1S/C24H21F3N4O2S/c1-15-12-31-19-14-30(13-16-8-10-17(11-9-16)24(25,26)27)22(34(33)18-6-4-3-5-7-18)20(19)21(32)29(2)23(31)28-15/h3-11,14-15H,12-13H2,1-2H3.